The topological polar surface area (TPSA) is 47.0 Å². The molecule has 1 aromatic heterocycles. The maximum atomic E-state index is 13.3. The van der Waals surface area contributed by atoms with Gasteiger partial charge in [0.2, 0.25) is 0 Å². The summed E-state index contributed by atoms with van der Waals surface area (Å²) < 4.78 is 101. The maximum absolute atomic E-state index is 13.3. The van der Waals surface area contributed by atoms with Gasteiger partial charge in [0.25, 0.3) is 0 Å². The van der Waals surface area contributed by atoms with Crippen molar-refractivity contribution in [2.75, 3.05) is 6.26 Å². The molecule has 0 amide bonds. The lowest BCUT2D eigenvalue weighted by atomic mass is 9.98. The van der Waals surface area contributed by atoms with Crippen LogP contribution in [0.2, 0.25) is 0 Å². The zero-order chi connectivity index (χ0) is 21.6. The molecule has 0 bridgehead atoms. The van der Waals surface area contributed by atoms with E-state index < -0.39 is 33.7 Å². The van der Waals surface area contributed by atoms with Gasteiger partial charge in [0, 0.05) is 12.5 Å². The van der Waals surface area contributed by atoms with Crippen LogP contribution in [-0.2, 0) is 16.0 Å². The van der Waals surface area contributed by atoms with E-state index in [9.17, 15) is 34.8 Å². The Balaban J connectivity index is 2.05. The molecule has 0 spiro atoms. The zero-order valence-corrected chi connectivity index (χ0v) is 15.8. The molecule has 1 unspecified atom stereocenters. The van der Waals surface area contributed by atoms with Gasteiger partial charge in [-0.3, -0.25) is 4.98 Å². The summed E-state index contributed by atoms with van der Waals surface area (Å²) in [6.45, 7) is 0. The summed E-state index contributed by atoms with van der Waals surface area (Å²) >= 11 is 0. The van der Waals surface area contributed by atoms with Crippen LogP contribution in [0.15, 0.2) is 47.5 Å². The fourth-order valence-electron chi connectivity index (χ4n) is 3.23. The quantitative estimate of drug-likeness (QED) is 0.608. The average molecular weight is 435 g/mol. The van der Waals surface area contributed by atoms with Crippen molar-refractivity contribution < 1.29 is 34.8 Å². The van der Waals surface area contributed by atoms with E-state index in [0.717, 1.165) is 36.7 Å². The molecule has 0 fully saturated rings. The van der Waals surface area contributed by atoms with Gasteiger partial charge in [-0.2, -0.15) is 26.3 Å². The highest BCUT2D eigenvalue weighted by Crippen LogP contribution is 2.49. The molecule has 0 aliphatic heterocycles. The van der Waals surface area contributed by atoms with Gasteiger partial charge in [-0.15, -0.1) is 0 Å². The Kier molecular flexibility index (Phi) is 5.27. The standard InChI is InChI=1S/C19H15F6NO2S/c1-29(27,28)14-6-7-17(26-10-14)16-9-13(19(23,24)25)8-15(16)11-2-4-12(5-3-11)18(20,21)22/h2-7,10,13H,8-9H2,1H3. The average Bonchev–Trinajstić information content (AvgIpc) is 3.06. The molecule has 1 aliphatic carbocycles. The van der Waals surface area contributed by atoms with Gasteiger partial charge in [-0.1, -0.05) is 12.1 Å². The minimum absolute atomic E-state index is 0.0803. The highest BCUT2D eigenvalue weighted by molar-refractivity contribution is 7.90. The first-order valence-electron chi connectivity index (χ1n) is 8.39. The van der Waals surface area contributed by atoms with E-state index in [-0.39, 0.29) is 40.1 Å². The van der Waals surface area contributed by atoms with Gasteiger partial charge in [0.05, 0.1) is 22.1 Å². The second kappa shape index (κ2) is 7.16. The number of halogens is 6. The van der Waals surface area contributed by atoms with Crippen molar-refractivity contribution in [3.63, 3.8) is 0 Å². The molecule has 10 heteroatoms. The second-order valence-corrected chi connectivity index (χ2v) is 8.85. The van der Waals surface area contributed by atoms with E-state index in [1.807, 2.05) is 0 Å². The van der Waals surface area contributed by atoms with Crippen LogP contribution in [0, 0.1) is 5.92 Å². The number of benzene rings is 1. The molecule has 0 N–H and O–H groups in total. The summed E-state index contributed by atoms with van der Waals surface area (Å²) in [5, 5.41) is 0. The van der Waals surface area contributed by atoms with Gasteiger partial charge >= 0.3 is 12.4 Å². The number of hydrogen-bond acceptors (Lipinski definition) is 3. The highest BCUT2D eigenvalue weighted by Gasteiger charge is 2.44. The van der Waals surface area contributed by atoms with Crippen molar-refractivity contribution in [1.29, 1.82) is 0 Å². The summed E-state index contributed by atoms with van der Waals surface area (Å²) in [5.41, 5.74) is 0.00461. The normalized spacial score (nSPS) is 18.4. The molecule has 1 aliphatic rings. The predicted octanol–water partition coefficient (Wildman–Crippen LogP) is 5.39. The number of allylic oxidation sites excluding steroid dienone is 2. The van der Waals surface area contributed by atoms with E-state index >= 15 is 0 Å². The third kappa shape index (κ3) is 4.63. The first-order chi connectivity index (χ1) is 13.3. The van der Waals surface area contributed by atoms with Gasteiger partial charge in [0.15, 0.2) is 9.84 Å². The molecule has 3 nitrogen and oxygen atoms in total. The fourth-order valence-corrected chi connectivity index (χ4v) is 3.79. The van der Waals surface area contributed by atoms with Crippen molar-refractivity contribution in [2.24, 2.45) is 5.92 Å². The lowest BCUT2D eigenvalue weighted by molar-refractivity contribution is -0.170. The van der Waals surface area contributed by atoms with Gasteiger partial charge < -0.3 is 0 Å². The van der Waals surface area contributed by atoms with Crippen LogP contribution in [0.5, 0.6) is 0 Å². The highest BCUT2D eigenvalue weighted by atomic mass is 32.2. The summed E-state index contributed by atoms with van der Waals surface area (Å²) in [6, 6.07) is 6.48. The van der Waals surface area contributed by atoms with Crippen molar-refractivity contribution in [2.45, 2.75) is 30.1 Å². The summed E-state index contributed by atoms with van der Waals surface area (Å²) in [7, 11) is -3.53. The molecule has 1 atom stereocenters. The third-order valence-corrected chi connectivity index (χ3v) is 5.86. The number of rotatable bonds is 3. The number of aromatic nitrogens is 1. The Morgan fingerprint density at radius 2 is 1.48 bits per heavy atom. The van der Waals surface area contributed by atoms with Crippen LogP contribution in [-0.4, -0.2) is 25.8 Å². The summed E-state index contributed by atoms with van der Waals surface area (Å²) in [4.78, 5) is 3.91. The third-order valence-electron chi connectivity index (χ3n) is 4.76. The summed E-state index contributed by atoms with van der Waals surface area (Å²) in [6.07, 6.45) is -7.77. The lowest BCUT2D eigenvalue weighted by Crippen LogP contribution is -2.20. The smallest absolute Gasteiger partial charge is 0.255 e. The van der Waals surface area contributed by atoms with E-state index in [1.165, 1.54) is 12.1 Å². The molecule has 29 heavy (non-hydrogen) atoms. The predicted molar refractivity (Wildman–Crippen MR) is 94.4 cm³/mol. The minimum Gasteiger partial charge on any atom is -0.255 e. The van der Waals surface area contributed by atoms with Gasteiger partial charge in [0.1, 0.15) is 0 Å². The Bertz CT molecular complexity index is 1040. The molecule has 3 rings (SSSR count). The Morgan fingerprint density at radius 3 is 1.93 bits per heavy atom. The molecule has 1 aromatic carbocycles. The fraction of sp³-hybridized carbons (Fsp3) is 0.316. The number of nitrogens with zero attached hydrogens (tertiary/aromatic N) is 1. The van der Waals surface area contributed by atoms with Crippen molar-refractivity contribution in [1.82, 2.24) is 4.98 Å². The molecular formula is C19H15F6NO2S. The number of sulfone groups is 1. The minimum atomic E-state index is -4.55. The molecule has 0 radical (unpaired) electrons. The van der Waals surface area contributed by atoms with E-state index in [4.69, 9.17) is 0 Å². The lowest BCUT2D eigenvalue weighted by Gasteiger charge is -2.14. The van der Waals surface area contributed by atoms with Gasteiger partial charge in [-0.05, 0) is 53.8 Å². The SMILES string of the molecule is CS(=O)(=O)c1ccc(C2=C(c3ccc(C(F)(F)F)cc3)CC(C(F)(F)F)C2)nc1. The summed E-state index contributed by atoms with van der Waals surface area (Å²) in [5.74, 6) is -1.69. The van der Waals surface area contributed by atoms with Crippen LogP contribution < -0.4 is 0 Å². The van der Waals surface area contributed by atoms with Crippen LogP contribution in [0.1, 0.15) is 29.7 Å². The largest absolute Gasteiger partial charge is 0.416 e. The monoisotopic (exact) mass is 435 g/mol. The Labute approximate surface area is 163 Å². The van der Waals surface area contributed by atoms with Crippen molar-refractivity contribution >= 4 is 21.0 Å². The molecule has 156 valence electrons. The van der Waals surface area contributed by atoms with Crippen molar-refractivity contribution in [3.8, 4) is 0 Å². The first kappa shape index (κ1) is 21.4. The Morgan fingerprint density at radius 1 is 0.897 bits per heavy atom. The van der Waals surface area contributed by atoms with E-state index in [0.29, 0.717) is 0 Å². The van der Waals surface area contributed by atoms with Crippen LogP contribution >= 0.6 is 0 Å². The van der Waals surface area contributed by atoms with E-state index in [1.54, 1.807) is 0 Å². The molecule has 0 saturated heterocycles. The molecule has 2 aromatic rings. The zero-order valence-electron chi connectivity index (χ0n) is 15.0. The number of hydrogen-bond donors (Lipinski definition) is 0. The van der Waals surface area contributed by atoms with Gasteiger partial charge in [-0.25, -0.2) is 8.42 Å². The molecular weight excluding hydrogens is 420 g/mol. The van der Waals surface area contributed by atoms with Crippen molar-refractivity contribution in [3.05, 3.63) is 59.4 Å². The maximum Gasteiger partial charge on any atom is 0.416 e. The van der Waals surface area contributed by atoms with Crippen LogP contribution in [0.4, 0.5) is 26.3 Å². The first-order valence-corrected chi connectivity index (χ1v) is 10.3. The number of alkyl halides is 6. The van der Waals surface area contributed by atoms with Crippen LogP contribution in [0.3, 0.4) is 0 Å². The second-order valence-electron chi connectivity index (χ2n) is 6.83. The Hall–Kier alpha value is -2.36. The molecule has 0 saturated carbocycles. The molecule has 1 heterocycles. The number of pyridine rings is 1. The van der Waals surface area contributed by atoms with E-state index in [2.05, 4.69) is 4.98 Å². The van der Waals surface area contributed by atoms with Crippen LogP contribution in [0.25, 0.3) is 11.1 Å².